The lowest BCUT2D eigenvalue weighted by molar-refractivity contribution is -0.136. The molecule has 188 valence electrons. The number of carbonyl (C=O) groups is 1. The molecule has 5 rings (SSSR count). The van der Waals surface area contributed by atoms with Crippen molar-refractivity contribution < 1.29 is 9.90 Å². The van der Waals surface area contributed by atoms with Crippen LogP contribution in [-0.2, 0) is 11.3 Å². The van der Waals surface area contributed by atoms with E-state index < -0.39 is 5.60 Å². The molecule has 0 spiro atoms. The highest BCUT2D eigenvalue weighted by Crippen LogP contribution is 2.32. The molecule has 0 saturated carbocycles. The number of fused-ring (bicyclic) bond motifs is 2. The quantitative estimate of drug-likeness (QED) is 0.682. The van der Waals surface area contributed by atoms with Crippen LogP contribution in [0.3, 0.4) is 0 Å². The van der Waals surface area contributed by atoms with Gasteiger partial charge < -0.3 is 19.8 Å². The number of rotatable bonds is 6. The van der Waals surface area contributed by atoms with Gasteiger partial charge in [-0.15, -0.1) is 0 Å². The van der Waals surface area contributed by atoms with E-state index in [0.717, 1.165) is 37.4 Å². The second-order valence-electron chi connectivity index (χ2n) is 11.0. The van der Waals surface area contributed by atoms with Crippen LogP contribution in [-0.4, -0.2) is 81.8 Å². The third kappa shape index (κ3) is 5.28. The van der Waals surface area contributed by atoms with Crippen LogP contribution in [0.5, 0.6) is 0 Å². The third-order valence-electron chi connectivity index (χ3n) is 8.11. The molecule has 3 aliphatic heterocycles. The molecule has 8 nitrogen and oxygen atoms in total. The molecular formula is C27H37N5O3. The molecule has 4 heterocycles. The summed E-state index contributed by atoms with van der Waals surface area (Å²) in [5.74, 6) is 1.65. The predicted octanol–water partition coefficient (Wildman–Crippen LogP) is 1.93. The number of anilines is 1. The molecule has 8 heteroatoms. The van der Waals surface area contributed by atoms with Crippen LogP contribution in [0.15, 0.2) is 47.5 Å². The molecule has 3 atom stereocenters. The van der Waals surface area contributed by atoms with Crippen molar-refractivity contribution in [3.05, 3.63) is 58.6 Å². The Morgan fingerprint density at radius 2 is 1.91 bits per heavy atom. The fourth-order valence-electron chi connectivity index (χ4n) is 6.11. The zero-order valence-corrected chi connectivity index (χ0v) is 20.8. The summed E-state index contributed by atoms with van der Waals surface area (Å²) in [5, 5.41) is 11.2. The average Bonchev–Trinajstić information content (AvgIpc) is 3.15. The zero-order chi connectivity index (χ0) is 24.6. The van der Waals surface area contributed by atoms with E-state index in [-0.39, 0.29) is 23.9 Å². The normalized spacial score (nSPS) is 25.0. The largest absolute Gasteiger partial charge is 0.388 e. The minimum absolute atomic E-state index is 0.119. The number of aliphatic hydroxyl groups is 1. The van der Waals surface area contributed by atoms with Crippen LogP contribution in [0.1, 0.15) is 44.1 Å². The summed E-state index contributed by atoms with van der Waals surface area (Å²) in [6, 6.07) is 12.1. The molecule has 0 unspecified atom stereocenters. The fraction of sp³-hybridized carbons (Fsp3) is 0.593. The molecule has 35 heavy (non-hydrogen) atoms. The average molecular weight is 480 g/mol. The highest BCUT2D eigenvalue weighted by Gasteiger charge is 2.38. The molecule has 0 radical (unpaired) electrons. The summed E-state index contributed by atoms with van der Waals surface area (Å²) >= 11 is 0. The molecule has 1 aromatic heterocycles. The standard InChI is InChI=1S/C27H37N5O3/c1-20(22-6-4-3-5-7-22)12-25(33)30-10-8-27(35,9-11-30)18-31-19-28-24(14-26(31)34)32-16-21-13-23(32)17-29(2)15-21/h3-7,14,19-21,23,35H,8-13,15-18H2,1-2H3/t20-,21-,23+/m1/s1. The van der Waals surface area contributed by atoms with Crippen LogP contribution in [0, 0.1) is 5.92 Å². The van der Waals surface area contributed by atoms with Crippen molar-refractivity contribution in [2.24, 2.45) is 5.92 Å². The Balaban J connectivity index is 1.17. The van der Waals surface area contributed by atoms with Gasteiger partial charge in [0, 0.05) is 51.3 Å². The van der Waals surface area contributed by atoms with Gasteiger partial charge in [0.05, 0.1) is 18.5 Å². The second-order valence-corrected chi connectivity index (χ2v) is 11.0. The highest BCUT2D eigenvalue weighted by atomic mass is 16.3. The van der Waals surface area contributed by atoms with Gasteiger partial charge in [-0.05, 0) is 43.7 Å². The number of piperidine rings is 2. The molecule has 1 aromatic carbocycles. The smallest absolute Gasteiger partial charge is 0.255 e. The number of hydrogen-bond donors (Lipinski definition) is 1. The van der Waals surface area contributed by atoms with Gasteiger partial charge in [0.25, 0.3) is 5.56 Å². The van der Waals surface area contributed by atoms with Crippen molar-refractivity contribution in [3.63, 3.8) is 0 Å². The Kier molecular flexibility index (Phi) is 6.68. The van der Waals surface area contributed by atoms with Gasteiger partial charge >= 0.3 is 0 Å². The van der Waals surface area contributed by atoms with Crippen LogP contribution in [0.25, 0.3) is 0 Å². The van der Waals surface area contributed by atoms with Gasteiger partial charge in [0.15, 0.2) is 0 Å². The van der Waals surface area contributed by atoms with E-state index in [1.54, 1.807) is 12.4 Å². The summed E-state index contributed by atoms with van der Waals surface area (Å²) in [5.41, 5.74) is 0.0180. The first-order valence-corrected chi connectivity index (χ1v) is 12.9. The fourth-order valence-corrected chi connectivity index (χ4v) is 6.11. The number of aromatic nitrogens is 2. The van der Waals surface area contributed by atoms with E-state index in [1.807, 2.05) is 23.1 Å². The number of amides is 1. The predicted molar refractivity (Wildman–Crippen MR) is 135 cm³/mol. The van der Waals surface area contributed by atoms with Gasteiger partial charge in [0.1, 0.15) is 5.82 Å². The Hall–Kier alpha value is -2.71. The molecular weight excluding hydrogens is 442 g/mol. The Morgan fingerprint density at radius 3 is 2.63 bits per heavy atom. The topological polar surface area (TPSA) is 81.9 Å². The van der Waals surface area contributed by atoms with Crippen molar-refractivity contribution >= 4 is 11.7 Å². The van der Waals surface area contributed by atoms with Gasteiger partial charge in [-0.25, -0.2) is 4.98 Å². The number of likely N-dealkylation sites (tertiary alicyclic amines) is 2. The Morgan fingerprint density at radius 1 is 1.17 bits per heavy atom. The van der Waals surface area contributed by atoms with Gasteiger partial charge in [0.2, 0.25) is 5.91 Å². The summed E-state index contributed by atoms with van der Waals surface area (Å²) in [6.45, 7) is 6.33. The summed E-state index contributed by atoms with van der Waals surface area (Å²) in [7, 11) is 2.15. The van der Waals surface area contributed by atoms with Crippen LogP contribution in [0.4, 0.5) is 5.82 Å². The maximum atomic E-state index is 12.9. The summed E-state index contributed by atoms with van der Waals surface area (Å²) in [6.07, 6.45) is 4.11. The van der Waals surface area contributed by atoms with E-state index in [9.17, 15) is 14.7 Å². The van der Waals surface area contributed by atoms with Gasteiger partial charge in [-0.3, -0.25) is 14.2 Å². The Bertz CT molecular complexity index is 1100. The molecule has 2 bridgehead atoms. The van der Waals surface area contributed by atoms with Crippen LogP contribution < -0.4 is 10.5 Å². The molecule has 3 fully saturated rings. The minimum atomic E-state index is -1.01. The third-order valence-corrected chi connectivity index (χ3v) is 8.11. The van der Waals surface area contributed by atoms with E-state index in [0.29, 0.717) is 44.3 Å². The van der Waals surface area contributed by atoms with E-state index in [2.05, 4.69) is 40.9 Å². The molecule has 0 aliphatic carbocycles. The monoisotopic (exact) mass is 479 g/mol. The number of nitrogens with zero attached hydrogens (tertiary/aromatic N) is 5. The van der Waals surface area contributed by atoms with Crippen LogP contribution in [0.2, 0.25) is 0 Å². The van der Waals surface area contributed by atoms with Crippen LogP contribution >= 0.6 is 0 Å². The number of carbonyl (C=O) groups excluding carboxylic acids is 1. The number of hydrogen-bond acceptors (Lipinski definition) is 6. The van der Waals surface area contributed by atoms with E-state index >= 15 is 0 Å². The SMILES string of the molecule is C[C@H](CC(=O)N1CCC(O)(Cn2cnc(N3C[C@@H]4C[C@H]3CN(C)C4)cc2=O)CC1)c1ccccc1. The van der Waals surface area contributed by atoms with E-state index in [1.165, 1.54) is 4.57 Å². The first-order valence-electron chi connectivity index (χ1n) is 12.9. The van der Waals surface area contributed by atoms with E-state index in [4.69, 9.17) is 0 Å². The maximum absolute atomic E-state index is 12.9. The highest BCUT2D eigenvalue weighted by molar-refractivity contribution is 5.77. The summed E-state index contributed by atoms with van der Waals surface area (Å²) < 4.78 is 1.52. The number of likely N-dealkylation sites (N-methyl/N-ethyl adjacent to an activating group) is 1. The van der Waals surface area contributed by atoms with Crippen molar-refractivity contribution in [2.75, 3.05) is 44.7 Å². The van der Waals surface area contributed by atoms with Crippen molar-refractivity contribution in [2.45, 2.75) is 56.7 Å². The first-order chi connectivity index (χ1) is 16.8. The van der Waals surface area contributed by atoms with Crippen molar-refractivity contribution in [1.29, 1.82) is 0 Å². The molecule has 2 aromatic rings. The number of benzene rings is 1. The lowest BCUT2D eigenvalue weighted by Gasteiger charge is -2.38. The molecule has 3 aliphatic rings. The molecule has 1 N–H and O–H groups in total. The second kappa shape index (κ2) is 9.74. The lowest BCUT2D eigenvalue weighted by Crippen LogP contribution is -2.49. The molecule has 1 amide bonds. The minimum Gasteiger partial charge on any atom is -0.388 e. The van der Waals surface area contributed by atoms with Crippen molar-refractivity contribution in [1.82, 2.24) is 19.4 Å². The maximum Gasteiger partial charge on any atom is 0.255 e. The zero-order valence-electron chi connectivity index (χ0n) is 20.8. The Labute approximate surface area is 207 Å². The van der Waals surface area contributed by atoms with Gasteiger partial charge in [-0.2, -0.15) is 0 Å². The molecule has 3 saturated heterocycles. The van der Waals surface area contributed by atoms with Gasteiger partial charge in [-0.1, -0.05) is 37.3 Å². The first kappa shape index (κ1) is 24.0. The summed E-state index contributed by atoms with van der Waals surface area (Å²) in [4.78, 5) is 36.8. The lowest BCUT2D eigenvalue weighted by atomic mass is 9.90. The van der Waals surface area contributed by atoms with Crippen molar-refractivity contribution in [3.8, 4) is 0 Å².